The van der Waals surface area contributed by atoms with Gasteiger partial charge < -0.3 is 14.5 Å². The molecule has 0 N–H and O–H groups in total. The minimum atomic E-state index is 0.00309. The molecule has 1 amide bonds. The number of hydrogen-bond donors (Lipinski definition) is 0. The predicted molar refractivity (Wildman–Crippen MR) is 160 cm³/mol. The third-order valence-electron chi connectivity index (χ3n) is 7.21. The summed E-state index contributed by atoms with van der Waals surface area (Å²) in [5, 5.41) is 3.80. The van der Waals surface area contributed by atoms with E-state index >= 15 is 0 Å². The van der Waals surface area contributed by atoms with Gasteiger partial charge in [-0.05, 0) is 55.4 Å². The second-order valence-electron chi connectivity index (χ2n) is 9.79. The van der Waals surface area contributed by atoms with Crippen molar-refractivity contribution in [2.24, 2.45) is 0 Å². The van der Waals surface area contributed by atoms with Crippen LogP contribution in [0.2, 0.25) is 5.02 Å². The van der Waals surface area contributed by atoms with E-state index in [9.17, 15) is 4.79 Å². The molecule has 6 nitrogen and oxygen atoms in total. The van der Waals surface area contributed by atoms with Crippen LogP contribution >= 0.6 is 22.9 Å². The number of piperazine rings is 1. The van der Waals surface area contributed by atoms with Crippen molar-refractivity contribution in [3.05, 3.63) is 100.0 Å². The molecule has 4 aromatic rings. The highest BCUT2D eigenvalue weighted by atomic mass is 35.5. The second kappa shape index (κ2) is 12.6. The molecule has 0 aliphatic carbocycles. The Morgan fingerprint density at radius 1 is 1.03 bits per heavy atom. The van der Waals surface area contributed by atoms with Crippen LogP contribution in [0.15, 0.2) is 84.4 Å². The van der Waals surface area contributed by atoms with Crippen LogP contribution in [0.3, 0.4) is 0 Å². The van der Waals surface area contributed by atoms with Crippen molar-refractivity contribution in [3.63, 3.8) is 0 Å². The van der Waals surface area contributed by atoms with Crippen molar-refractivity contribution in [1.29, 1.82) is 0 Å². The zero-order valence-corrected chi connectivity index (χ0v) is 23.9. The minimum absolute atomic E-state index is 0.00309. The van der Waals surface area contributed by atoms with Crippen LogP contribution in [0.1, 0.15) is 23.5 Å². The van der Waals surface area contributed by atoms with E-state index < -0.39 is 0 Å². The Morgan fingerprint density at radius 3 is 2.54 bits per heavy atom. The summed E-state index contributed by atoms with van der Waals surface area (Å²) >= 11 is 7.82. The first-order chi connectivity index (χ1) is 19.0. The molecule has 1 aromatic heterocycles. The average molecular weight is 561 g/mol. The molecular weight excluding hydrogens is 528 g/mol. The second-order valence-corrected chi connectivity index (χ2v) is 11.1. The third kappa shape index (κ3) is 6.79. The number of hydrogen-bond acceptors (Lipinski definition) is 6. The van der Waals surface area contributed by atoms with E-state index in [1.54, 1.807) is 11.3 Å². The molecule has 2 heterocycles. The van der Waals surface area contributed by atoms with Crippen molar-refractivity contribution in [2.45, 2.75) is 19.5 Å². The monoisotopic (exact) mass is 560 g/mol. The standard InChI is InChI=1S/C31H33ClN4O2S/c1-23(31-33-13-18-39-31)34(2)21-26-19-25(24-7-4-3-5-8-24)11-12-29(26)38-22-30(37)36-16-14-35(15-17-36)28-10-6-9-27(32)20-28/h3-13,18-20,23H,14-17,21-22H2,1-2H3/t23-/m0/s1. The first-order valence-electron chi connectivity index (χ1n) is 13.2. The van der Waals surface area contributed by atoms with E-state index in [1.807, 2.05) is 58.9 Å². The molecule has 1 saturated heterocycles. The van der Waals surface area contributed by atoms with Crippen LogP contribution in [0.5, 0.6) is 5.75 Å². The molecule has 1 fully saturated rings. The van der Waals surface area contributed by atoms with E-state index in [-0.39, 0.29) is 18.6 Å². The van der Waals surface area contributed by atoms with Crippen LogP contribution in [-0.2, 0) is 11.3 Å². The van der Waals surface area contributed by atoms with Gasteiger partial charge in [-0.2, -0.15) is 0 Å². The summed E-state index contributed by atoms with van der Waals surface area (Å²) in [4.78, 5) is 24.0. The van der Waals surface area contributed by atoms with Crippen LogP contribution in [-0.4, -0.2) is 60.5 Å². The maximum atomic E-state index is 13.1. The number of rotatable bonds is 9. The number of amides is 1. The first-order valence-corrected chi connectivity index (χ1v) is 14.4. The Bertz CT molecular complexity index is 1370. The van der Waals surface area contributed by atoms with Crippen molar-refractivity contribution in [2.75, 3.05) is 44.7 Å². The molecule has 202 valence electrons. The summed E-state index contributed by atoms with van der Waals surface area (Å²) in [6.45, 7) is 5.69. The topological polar surface area (TPSA) is 48.9 Å². The Kier molecular flexibility index (Phi) is 8.81. The van der Waals surface area contributed by atoms with Gasteiger partial charge >= 0.3 is 0 Å². The van der Waals surface area contributed by atoms with Gasteiger partial charge in [0.1, 0.15) is 10.8 Å². The summed E-state index contributed by atoms with van der Waals surface area (Å²) in [5.74, 6) is 0.738. The molecule has 3 aromatic carbocycles. The summed E-state index contributed by atoms with van der Waals surface area (Å²) in [7, 11) is 2.09. The molecule has 1 atom stereocenters. The fourth-order valence-corrected chi connectivity index (χ4v) is 5.75. The molecule has 0 unspecified atom stereocenters. The Balaban J connectivity index is 1.26. The highest BCUT2D eigenvalue weighted by molar-refractivity contribution is 7.09. The van der Waals surface area contributed by atoms with Crippen molar-refractivity contribution >= 4 is 34.5 Å². The number of nitrogens with zero attached hydrogens (tertiary/aromatic N) is 4. The maximum absolute atomic E-state index is 13.1. The summed E-state index contributed by atoms with van der Waals surface area (Å²) in [5.41, 5.74) is 4.40. The molecule has 39 heavy (non-hydrogen) atoms. The van der Waals surface area contributed by atoms with E-state index in [0.29, 0.717) is 19.6 Å². The van der Waals surface area contributed by atoms with Gasteiger partial charge in [-0.3, -0.25) is 9.69 Å². The smallest absolute Gasteiger partial charge is 0.260 e. The molecule has 8 heteroatoms. The van der Waals surface area contributed by atoms with Crippen LogP contribution < -0.4 is 9.64 Å². The van der Waals surface area contributed by atoms with E-state index in [4.69, 9.17) is 16.3 Å². The third-order valence-corrected chi connectivity index (χ3v) is 8.40. The fourth-order valence-electron chi connectivity index (χ4n) is 4.81. The van der Waals surface area contributed by atoms with Crippen molar-refractivity contribution in [3.8, 4) is 16.9 Å². The number of benzene rings is 3. The zero-order chi connectivity index (χ0) is 27.2. The highest BCUT2D eigenvalue weighted by Gasteiger charge is 2.23. The molecule has 5 rings (SSSR count). The van der Waals surface area contributed by atoms with E-state index in [2.05, 4.69) is 59.1 Å². The van der Waals surface area contributed by atoms with Gasteiger partial charge in [0.05, 0.1) is 6.04 Å². The van der Waals surface area contributed by atoms with Gasteiger partial charge in [0.25, 0.3) is 5.91 Å². The number of thiazole rings is 1. The molecule has 0 bridgehead atoms. The van der Waals surface area contributed by atoms with Gasteiger partial charge in [-0.1, -0.05) is 54.1 Å². The molecule has 0 saturated carbocycles. The lowest BCUT2D eigenvalue weighted by Crippen LogP contribution is -2.50. The van der Waals surface area contributed by atoms with E-state index in [0.717, 1.165) is 51.2 Å². The fraction of sp³-hybridized carbons (Fsp3) is 0.290. The van der Waals surface area contributed by atoms with Crippen molar-refractivity contribution < 1.29 is 9.53 Å². The lowest BCUT2D eigenvalue weighted by Gasteiger charge is -2.36. The van der Waals surface area contributed by atoms with Crippen LogP contribution in [0.4, 0.5) is 5.69 Å². The Labute approximate surface area is 239 Å². The quantitative estimate of drug-likeness (QED) is 0.238. The maximum Gasteiger partial charge on any atom is 0.260 e. The zero-order valence-electron chi connectivity index (χ0n) is 22.3. The number of carbonyl (C=O) groups excluding carboxylic acids is 1. The molecule has 1 aliphatic heterocycles. The Morgan fingerprint density at radius 2 is 1.82 bits per heavy atom. The molecule has 0 radical (unpaired) electrons. The predicted octanol–water partition coefficient (Wildman–Crippen LogP) is 6.38. The number of ether oxygens (including phenoxy) is 1. The summed E-state index contributed by atoms with van der Waals surface area (Å²) in [6.07, 6.45) is 1.84. The van der Waals surface area contributed by atoms with Gasteiger partial charge in [0.2, 0.25) is 0 Å². The lowest BCUT2D eigenvalue weighted by molar-refractivity contribution is -0.133. The number of halogens is 1. The highest BCUT2D eigenvalue weighted by Crippen LogP contribution is 2.30. The van der Waals surface area contributed by atoms with Gasteiger partial charge in [-0.15, -0.1) is 11.3 Å². The Hall–Kier alpha value is -3.39. The van der Waals surface area contributed by atoms with Crippen LogP contribution in [0.25, 0.3) is 11.1 Å². The van der Waals surface area contributed by atoms with Gasteiger partial charge in [0, 0.05) is 60.6 Å². The van der Waals surface area contributed by atoms with Gasteiger partial charge in [0.15, 0.2) is 6.61 Å². The lowest BCUT2D eigenvalue weighted by atomic mass is 10.0. The SMILES string of the molecule is C[C@@H](c1nccs1)N(C)Cc1cc(-c2ccccc2)ccc1OCC(=O)N1CCN(c2cccc(Cl)c2)CC1. The number of anilines is 1. The average Bonchev–Trinajstić information content (AvgIpc) is 3.51. The first kappa shape index (κ1) is 27.2. The largest absolute Gasteiger partial charge is 0.483 e. The van der Waals surface area contributed by atoms with Crippen molar-refractivity contribution in [1.82, 2.24) is 14.8 Å². The summed E-state index contributed by atoms with van der Waals surface area (Å²) in [6, 6.07) is 24.6. The molecular formula is C31H33ClN4O2S. The minimum Gasteiger partial charge on any atom is -0.483 e. The number of carbonyl (C=O) groups is 1. The van der Waals surface area contributed by atoms with Gasteiger partial charge in [-0.25, -0.2) is 4.98 Å². The van der Waals surface area contributed by atoms with Crippen LogP contribution in [0, 0.1) is 0 Å². The molecule has 1 aliphatic rings. The normalized spacial score (nSPS) is 14.5. The molecule has 0 spiro atoms. The summed E-state index contributed by atoms with van der Waals surface area (Å²) < 4.78 is 6.18. The van der Waals surface area contributed by atoms with E-state index in [1.165, 1.54) is 0 Å². The number of aromatic nitrogens is 1.